The van der Waals surface area contributed by atoms with Crippen LogP contribution in [0.15, 0.2) is 48.6 Å². The first-order valence-electron chi connectivity index (χ1n) is 39.9. The van der Waals surface area contributed by atoms with Crippen LogP contribution in [-0.2, 0) is 14.3 Å². The first-order chi connectivity index (χ1) is 43.5. The van der Waals surface area contributed by atoms with Crippen molar-refractivity contribution in [2.45, 2.75) is 450 Å². The Balaban J connectivity index is 3.39. The number of hydrogen-bond acceptors (Lipinski definition) is 5. The highest BCUT2D eigenvalue weighted by atomic mass is 16.5. The molecule has 6 heteroatoms. The Bertz CT molecular complexity index is 1470. The molecule has 0 radical (unpaired) electrons. The number of allylic oxidation sites excluding steroid dienone is 7. The van der Waals surface area contributed by atoms with Crippen molar-refractivity contribution in [3.8, 4) is 0 Å². The number of rotatable bonds is 75. The Morgan fingerprint density at radius 1 is 0.318 bits per heavy atom. The molecule has 0 aromatic heterocycles. The lowest BCUT2D eigenvalue weighted by Crippen LogP contribution is -2.45. The van der Waals surface area contributed by atoms with Gasteiger partial charge < -0.3 is 20.3 Å². The van der Waals surface area contributed by atoms with Gasteiger partial charge in [0.15, 0.2) is 0 Å². The van der Waals surface area contributed by atoms with Crippen LogP contribution in [-0.4, -0.2) is 47.4 Å². The average Bonchev–Trinajstić information content (AvgIpc) is 3.59. The Kier molecular flexibility index (Phi) is 75.4. The second-order valence-corrected chi connectivity index (χ2v) is 27.4. The Morgan fingerprint density at radius 2 is 0.568 bits per heavy atom. The molecule has 2 atom stereocenters. The maximum absolute atomic E-state index is 12.6. The van der Waals surface area contributed by atoms with Gasteiger partial charge in [0, 0.05) is 12.8 Å². The van der Waals surface area contributed by atoms with Gasteiger partial charge in [-0.2, -0.15) is 0 Å². The molecule has 0 aliphatic rings. The summed E-state index contributed by atoms with van der Waals surface area (Å²) in [6, 6.07) is -0.628. The molecule has 0 rings (SSSR count). The zero-order valence-corrected chi connectivity index (χ0v) is 59.5. The summed E-state index contributed by atoms with van der Waals surface area (Å²) in [7, 11) is 0. The van der Waals surface area contributed by atoms with E-state index in [9.17, 15) is 19.8 Å². The number of aliphatic hydroxyl groups is 2. The molecule has 0 aliphatic carbocycles. The Morgan fingerprint density at radius 3 is 0.898 bits per heavy atom. The lowest BCUT2D eigenvalue weighted by atomic mass is 10.0. The average molecular weight is 1240 g/mol. The molecule has 2 unspecified atom stereocenters. The van der Waals surface area contributed by atoms with E-state index in [-0.39, 0.29) is 18.5 Å². The topological polar surface area (TPSA) is 95.9 Å². The molecule has 0 aromatic carbocycles. The van der Waals surface area contributed by atoms with Crippen LogP contribution in [0, 0.1) is 0 Å². The van der Waals surface area contributed by atoms with Gasteiger partial charge in [-0.25, -0.2) is 0 Å². The van der Waals surface area contributed by atoms with Crippen LogP contribution in [0.5, 0.6) is 0 Å². The van der Waals surface area contributed by atoms with Crippen molar-refractivity contribution in [1.29, 1.82) is 0 Å². The van der Waals surface area contributed by atoms with Crippen molar-refractivity contribution in [2.75, 3.05) is 13.2 Å². The fourth-order valence-electron chi connectivity index (χ4n) is 12.5. The molecule has 0 aromatic rings. The van der Waals surface area contributed by atoms with Crippen LogP contribution in [0.4, 0.5) is 0 Å². The van der Waals surface area contributed by atoms with Gasteiger partial charge in [-0.05, 0) is 89.9 Å². The van der Waals surface area contributed by atoms with Gasteiger partial charge in [0.2, 0.25) is 5.91 Å². The number of carbonyl (C=O) groups is 2. The summed E-state index contributed by atoms with van der Waals surface area (Å²) >= 11 is 0. The van der Waals surface area contributed by atoms with Gasteiger partial charge in [-0.15, -0.1) is 0 Å². The molecule has 0 saturated heterocycles. The standard InChI is InChI=1S/C82H155NO5/c1-3-5-7-9-11-13-15-17-19-20-21-22-23-34-37-40-43-47-50-54-58-62-66-70-74-80(85)79(78-84)83-81(86)75-71-67-63-59-55-51-48-44-41-38-35-32-30-28-26-24-25-27-29-31-33-36-39-42-45-49-53-57-61-65-69-73-77-88-82(87)76-72-68-64-60-56-52-46-18-16-14-12-10-8-6-4-2/h12,14,18,27,29,46,70,74,79-80,84-85H,3-11,13,15-17,19-26,28,30-45,47-69,71-73,75-78H2,1-2H3,(H,83,86)/b14-12-,29-27-,46-18-,74-70+. The minimum Gasteiger partial charge on any atom is -0.466 e. The Labute approximate surface area is 550 Å². The summed E-state index contributed by atoms with van der Waals surface area (Å²) in [5, 5.41) is 23.3. The molecule has 0 saturated carbocycles. The summed E-state index contributed by atoms with van der Waals surface area (Å²) in [5.41, 5.74) is 0. The van der Waals surface area contributed by atoms with E-state index in [1.54, 1.807) is 6.08 Å². The maximum Gasteiger partial charge on any atom is 0.305 e. The van der Waals surface area contributed by atoms with Crippen molar-refractivity contribution in [3.63, 3.8) is 0 Å². The van der Waals surface area contributed by atoms with Crippen LogP contribution in [0.3, 0.4) is 0 Å². The second kappa shape index (κ2) is 77.3. The van der Waals surface area contributed by atoms with Gasteiger partial charge in [0.25, 0.3) is 0 Å². The SMILES string of the molecule is CCCCC/C=C\C/C=C\CCCCCCCC(=O)OCCCCCCCCCCCCCC/C=C\CCCCCCCCCCCCCCCCCCC(=O)NC(CO)C(O)/C=C/CCCCCCCCCCCCCCCCCCCCCCCC. The highest BCUT2D eigenvalue weighted by Crippen LogP contribution is 2.19. The van der Waals surface area contributed by atoms with Crippen molar-refractivity contribution < 1.29 is 24.5 Å². The Hall–Kier alpha value is -2.18. The smallest absolute Gasteiger partial charge is 0.305 e. The first-order valence-corrected chi connectivity index (χ1v) is 39.9. The molecular weight excluding hydrogens is 1080 g/mol. The van der Waals surface area contributed by atoms with Crippen LogP contribution in [0.2, 0.25) is 0 Å². The second-order valence-electron chi connectivity index (χ2n) is 27.4. The number of carbonyl (C=O) groups excluding carboxylic acids is 2. The van der Waals surface area contributed by atoms with E-state index in [0.29, 0.717) is 19.4 Å². The highest BCUT2D eigenvalue weighted by molar-refractivity contribution is 5.76. The molecule has 1 amide bonds. The third-order valence-electron chi connectivity index (χ3n) is 18.6. The van der Waals surface area contributed by atoms with Gasteiger partial charge >= 0.3 is 5.97 Å². The summed E-state index contributed by atoms with van der Waals surface area (Å²) in [4.78, 5) is 24.6. The van der Waals surface area contributed by atoms with Gasteiger partial charge in [-0.3, -0.25) is 9.59 Å². The molecule has 0 spiro atoms. The van der Waals surface area contributed by atoms with Crippen molar-refractivity contribution in [1.82, 2.24) is 5.32 Å². The molecule has 6 nitrogen and oxygen atoms in total. The van der Waals surface area contributed by atoms with Crippen LogP contribution < -0.4 is 5.32 Å². The van der Waals surface area contributed by atoms with Gasteiger partial charge in [-0.1, -0.05) is 383 Å². The number of aliphatic hydroxyl groups excluding tert-OH is 2. The van der Waals surface area contributed by atoms with E-state index >= 15 is 0 Å². The van der Waals surface area contributed by atoms with E-state index in [0.717, 1.165) is 51.4 Å². The molecule has 3 N–H and O–H groups in total. The number of hydrogen-bond donors (Lipinski definition) is 3. The summed E-state index contributed by atoms with van der Waals surface area (Å²) < 4.78 is 5.49. The number of nitrogens with one attached hydrogen (secondary N) is 1. The molecule has 0 aliphatic heterocycles. The van der Waals surface area contributed by atoms with E-state index in [2.05, 4.69) is 55.6 Å². The molecule has 0 fully saturated rings. The predicted octanol–water partition coefficient (Wildman–Crippen LogP) is 26.4. The minimum absolute atomic E-state index is 0.00434. The summed E-state index contributed by atoms with van der Waals surface area (Å²) in [6.45, 7) is 4.91. The summed E-state index contributed by atoms with van der Waals surface area (Å²) in [6.07, 6.45) is 102. The van der Waals surface area contributed by atoms with E-state index in [1.165, 1.54) is 360 Å². The number of unbranched alkanes of at least 4 members (excludes halogenated alkanes) is 58. The molecule has 0 bridgehead atoms. The fourth-order valence-corrected chi connectivity index (χ4v) is 12.5. The normalized spacial score (nSPS) is 12.7. The molecule has 0 heterocycles. The number of esters is 1. The van der Waals surface area contributed by atoms with E-state index < -0.39 is 12.1 Å². The molecular formula is C82H155NO5. The fraction of sp³-hybridized carbons (Fsp3) is 0.878. The zero-order chi connectivity index (χ0) is 63.5. The lowest BCUT2D eigenvalue weighted by Gasteiger charge is -2.20. The van der Waals surface area contributed by atoms with E-state index in [4.69, 9.17) is 4.74 Å². The van der Waals surface area contributed by atoms with Crippen molar-refractivity contribution in [2.24, 2.45) is 0 Å². The van der Waals surface area contributed by atoms with Crippen LogP contribution in [0.25, 0.3) is 0 Å². The monoisotopic (exact) mass is 1230 g/mol. The molecule has 88 heavy (non-hydrogen) atoms. The zero-order valence-electron chi connectivity index (χ0n) is 59.5. The van der Waals surface area contributed by atoms with Crippen molar-refractivity contribution >= 4 is 11.9 Å². The van der Waals surface area contributed by atoms with Crippen LogP contribution >= 0.6 is 0 Å². The van der Waals surface area contributed by atoms with Crippen LogP contribution in [0.1, 0.15) is 438 Å². The van der Waals surface area contributed by atoms with Crippen molar-refractivity contribution in [3.05, 3.63) is 48.6 Å². The lowest BCUT2D eigenvalue weighted by molar-refractivity contribution is -0.143. The number of amides is 1. The quantitative estimate of drug-likeness (QED) is 0.0320. The summed E-state index contributed by atoms with van der Waals surface area (Å²) in [5.74, 6) is -0.0565. The van der Waals surface area contributed by atoms with Gasteiger partial charge in [0.1, 0.15) is 0 Å². The largest absolute Gasteiger partial charge is 0.466 e. The highest BCUT2D eigenvalue weighted by Gasteiger charge is 2.18. The minimum atomic E-state index is -0.845. The number of ether oxygens (including phenoxy) is 1. The predicted molar refractivity (Wildman–Crippen MR) is 389 cm³/mol. The van der Waals surface area contributed by atoms with E-state index in [1.807, 2.05) is 6.08 Å². The molecule has 518 valence electrons. The first kappa shape index (κ1) is 85.8. The third kappa shape index (κ3) is 72.9. The maximum atomic E-state index is 12.6. The van der Waals surface area contributed by atoms with Gasteiger partial charge in [0.05, 0.1) is 25.4 Å². The third-order valence-corrected chi connectivity index (χ3v) is 18.6.